The number of hydrogen-bond acceptors (Lipinski definition) is 0. The molecule has 0 fully saturated rings. The third-order valence-corrected chi connectivity index (χ3v) is 11.0. The van der Waals surface area contributed by atoms with Crippen molar-refractivity contribution in [3.8, 4) is 0 Å². The van der Waals surface area contributed by atoms with Crippen LogP contribution in [0.15, 0.2) is 182 Å². The van der Waals surface area contributed by atoms with Gasteiger partial charge in [-0.2, -0.15) is 0 Å². The molecule has 0 aliphatic rings. The summed E-state index contributed by atoms with van der Waals surface area (Å²) in [6.45, 7) is 0. The van der Waals surface area contributed by atoms with Crippen LogP contribution in [0.25, 0.3) is 0 Å². The van der Waals surface area contributed by atoms with E-state index in [1.165, 1.54) is 31.8 Å². The standard InChI is InChI=1S/2C18H15P.Re/c2*1-4-10-16(11-5-1)19(17-12-6-2-7-13-17)18-14-8-3-9-15-18;/h2*1-15H;. The van der Waals surface area contributed by atoms with Gasteiger partial charge in [-0.25, -0.2) is 0 Å². The van der Waals surface area contributed by atoms with Crippen LogP contribution >= 0.6 is 15.8 Å². The van der Waals surface area contributed by atoms with E-state index in [1.54, 1.807) is 0 Å². The monoisotopic (exact) mass is 711 g/mol. The average Bonchev–Trinajstić information content (AvgIpc) is 3.01. The molecule has 0 spiro atoms. The molecule has 0 aliphatic carbocycles. The summed E-state index contributed by atoms with van der Waals surface area (Å²) in [5.41, 5.74) is 0. The first-order valence-corrected chi connectivity index (χ1v) is 15.5. The second kappa shape index (κ2) is 15.4. The molecule has 1 radical (unpaired) electrons. The van der Waals surface area contributed by atoms with Gasteiger partial charge in [0.25, 0.3) is 0 Å². The van der Waals surface area contributed by atoms with Crippen molar-refractivity contribution in [3.63, 3.8) is 0 Å². The normalized spacial score (nSPS) is 10.3. The van der Waals surface area contributed by atoms with E-state index in [4.69, 9.17) is 0 Å². The van der Waals surface area contributed by atoms with Gasteiger partial charge >= 0.3 is 0 Å². The van der Waals surface area contributed by atoms with E-state index in [0.717, 1.165) is 0 Å². The minimum absolute atomic E-state index is 0. The van der Waals surface area contributed by atoms with Gasteiger partial charge in [-0.15, -0.1) is 0 Å². The van der Waals surface area contributed by atoms with Gasteiger partial charge in [0.1, 0.15) is 0 Å². The maximum Gasteiger partial charge on any atom is 0 e. The Morgan fingerprint density at radius 2 is 0.333 bits per heavy atom. The zero-order valence-corrected chi connectivity index (χ0v) is 26.1. The Labute approximate surface area is 249 Å². The summed E-state index contributed by atoms with van der Waals surface area (Å²) in [6.07, 6.45) is 0. The smallest absolute Gasteiger partial charge is 0 e. The molecule has 0 nitrogen and oxygen atoms in total. The van der Waals surface area contributed by atoms with Gasteiger partial charge in [-0.05, 0) is 47.7 Å². The van der Waals surface area contributed by atoms with Crippen LogP contribution in [0, 0.1) is 0 Å². The summed E-state index contributed by atoms with van der Waals surface area (Å²) in [5, 5.41) is 8.39. The minimum atomic E-state index is -0.446. The molecule has 0 N–H and O–H groups in total. The fourth-order valence-corrected chi connectivity index (χ4v) is 8.97. The molecule has 39 heavy (non-hydrogen) atoms. The molecule has 191 valence electrons. The van der Waals surface area contributed by atoms with E-state index < -0.39 is 15.8 Å². The fourth-order valence-electron chi connectivity index (χ4n) is 4.36. The van der Waals surface area contributed by atoms with Crippen molar-refractivity contribution in [3.05, 3.63) is 182 Å². The molecular weight excluding hydrogens is 681 g/mol. The second-order valence-corrected chi connectivity index (χ2v) is 13.1. The zero-order chi connectivity index (χ0) is 25.8. The maximum atomic E-state index is 2.23. The van der Waals surface area contributed by atoms with Gasteiger partial charge in [0.05, 0.1) is 0 Å². The van der Waals surface area contributed by atoms with Crippen molar-refractivity contribution in [1.82, 2.24) is 0 Å². The summed E-state index contributed by atoms with van der Waals surface area (Å²) >= 11 is 0. The third-order valence-electron chi connectivity index (χ3n) is 6.09. The number of benzene rings is 6. The first kappa shape index (κ1) is 28.8. The van der Waals surface area contributed by atoms with Gasteiger partial charge in [0.2, 0.25) is 0 Å². The molecule has 0 bridgehead atoms. The Balaban J connectivity index is 0.000000176. The van der Waals surface area contributed by atoms with Gasteiger partial charge < -0.3 is 0 Å². The topological polar surface area (TPSA) is 0 Å². The molecule has 0 heterocycles. The van der Waals surface area contributed by atoms with Gasteiger partial charge in [-0.1, -0.05) is 182 Å². The maximum absolute atomic E-state index is 2.23. The van der Waals surface area contributed by atoms with Gasteiger partial charge in [0.15, 0.2) is 0 Å². The summed E-state index contributed by atoms with van der Waals surface area (Å²) in [6, 6.07) is 64.7. The van der Waals surface area contributed by atoms with Crippen LogP contribution in [0.3, 0.4) is 0 Å². The van der Waals surface area contributed by atoms with E-state index in [1.807, 2.05) is 0 Å². The van der Waals surface area contributed by atoms with E-state index in [0.29, 0.717) is 0 Å². The molecule has 0 unspecified atom stereocenters. The largest absolute Gasteiger partial charge is 0.0622 e. The van der Waals surface area contributed by atoms with Crippen LogP contribution in [-0.4, -0.2) is 0 Å². The van der Waals surface area contributed by atoms with Crippen molar-refractivity contribution in [1.29, 1.82) is 0 Å². The molecular formula is C36H30P2Re. The summed E-state index contributed by atoms with van der Waals surface area (Å²) < 4.78 is 0. The SMILES string of the molecule is [Re].c1ccc(P(c2ccccc2)c2ccccc2)cc1.c1ccc(P(c2ccccc2)c2ccccc2)cc1. The summed E-state index contributed by atoms with van der Waals surface area (Å²) in [4.78, 5) is 0. The van der Waals surface area contributed by atoms with Gasteiger partial charge in [-0.3, -0.25) is 0 Å². The molecule has 0 saturated heterocycles. The van der Waals surface area contributed by atoms with E-state index in [2.05, 4.69) is 182 Å². The molecule has 0 atom stereocenters. The second-order valence-electron chi connectivity index (χ2n) is 8.68. The first-order valence-electron chi connectivity index (χ1n) is 12.8. The van der Waals surface area contributed by atoms with Crippen LogP contribution < -0.4 is 31.8 Å². The Hall–Kier alpha value is -3.16. The number of hydrogen-bond donors (Lipinski definition) is 0. The predicted octanol–water partition coefficient (Wildman–Crippen LogP) is 6.89. The van der Waals surface area contributed by atoms with Crippen molar-refractivity contribution in [2.45, 2.75) is 0 Å². The third kappa shape index (κ3) is 7.93. The zero-order valence-electron chi connectivity index (χ0n) is 21.6. The van der Waals surface area contributed by atoms with Crippen molar-refractivity contribution in [2.24, 2.45) is 0 Å². The quantitative estimate of drug-likeness (QED) is 0.165. The van der Waals surface area contributed by atoms with E-state index in [-0.39, 0.29) is 20.4 Å². The van der Waals surface area contributed by atoms with Crippen molar-refractivity contribution in [2.75, 3.05) is 0 Å². The van der Waals surface area contributed by atoms with E-state index in [9.17, 15) is 0 Å². The van der Waals surface area contributed by atoms with E-state index >= 15 is 0 Å². The fraction of sp³-hybridized carbons (Fsp3) is 0. The predicted molar refractivity (Wildman–Crippen MR) is 170 cm³/mol. The Morgan fingerprint density at radius 3 is 0.462 bits per heavy atom. The van der Waals surface area contributed by atoms with Crippen LogP contribution in [0.4, 0.5) is 0 Å². The van der Waals surface area contributed by atoms with Crippen LogP contribution in [0.5, 0.6) is 0 Å². The Bertz CT molecular complexity index is 1170. The van der Waals surface area contributed by atoms with Crippen molar-refractivity contribution >= 4 is 47.7 Å². The molecule has 6 rings (SSSR count). The van der Waals surface area contributed by atoms with Crippen LogP contribution in [0.2, 0.25) is 0 Å². The average molecular weight is 711 g/mol. The molecule has 6 aromatic carbocycles. The molecule has 0 aliphatic heterocycles. The Morgan fingerprint density at radius 1 is 0.205 bits per heavy atom. The number of rotatable bonds is 6. The molecule has 0 amide bonds. The minimum Gasteiger partial charge on any atom is -0.0622 e. The van der Waals surface area contributed by atoms with Crippen LogP contribution in [0.1, 0.15) is 0 Å². The van der Waals surface area contributed by atoms with Crippen molar-refractivity contribution < 1.29 is 20.4 Å². The summed E-state index contributed by atoms with van der Waals surface area (Å²) in [7, 11) is -0.892. The molecule has 6 aromatic rings. The van der Waals surface area contributed by atoms with Crippen LogP contribution in [-0.2, 0) is 20.4 Å². The van der Waals surface area contributed by atoms with Gasteiger partial charge in [0, 0.05) is 20.4 Å². The summed E-state index contributed by atoms with van der Waals surface area (Å²) in [5.74, 6) is 0. The molecule has 0 saturated carbocycles. The Kier molecular flexibility index (Phi) is 11.4. The first-order chi connectivity index (χ1) is 18.9. The molecule has 0 aromatic heterocycles. The molecule has 3 heteroatoms.